The predicted octanol–water partition coefficient (Wildman–Crippen LogP) is 4.95. The SMILES string of the molecule is Cc1cccc(NC(=O)C(C)(CCC(=O)c2ccccc2)c2ccccn2)c1. The van der Waals surface area contributed by atoms with Crippen LogP contribution in [0.5, 0.6) is 0 Å². The van der Waals surface area contributed by atoms with Crippen molar-refractivity contribution in [3.8, 4) is 0 Å². The number of amides is 1. The molecular weight excluding hydrogens is 348 g/mol. The number of hydrogen-bond acceptors (Lipinski definition) is 3. The fourth-order valence-electron chi connectivity index (χ4n) is 3.17. The van der Waals surface area contributed by atoms with Gasteiger partial charge in [-0.3, -0.25) is 14.6 Å². The van der Waals surface area contributed by atoms with E-state index in [-0.39, 0.29) is 18.1 Å². The molecule has 0 saturated heterocycles. The van der Waals surface area contributed by atoms with Crippen molar-refractivity contribution in [3.63, 3.8) is 0 Å². The quantitative estimate of drug-likeness (QED) is 0.597. The molecule has 3 aromatic rings. The Balaban J connectivity index is 1.83. The maximum absolute atomic E-state index is 13.2. The second-order valence-electron chi connectivity index (χ2n) is 7.16. The van der Waals surface area contributed by atoms with E-state index < -0.39 is 5.41 Å². The van der Waals surface area contributed by atoms with E-state index in [0.717, 1.165) is 11.3 Å². The summed E-state index contributed by atoms with van der Waals surface area (Å²) in [5, 5.41) is 3.00. The second-order valence-corrected chi connectivity index (χ2v) is 7.16. The molecule has 0 radical (unpaired) electrons. The van der Waals surface area contributed by atoms with Crippen LogP contribution in [0.15, 0.2) is 79.0 Å². The van der Waals surface area contributed by atoms with Crippen molar-refractivity contribution in [3.05, 3.63) is 95.8 Å². The highest BCUT2D eigenvalue weighted by atomic mass is 16.2. The number of carbonyl (C=O) groups excluding carboxylic acids is 2. The van der Waals surface area contributed by atoms with Crippen LogP contribution in [-0.4, -0.2) is 16.7 Å². The minimum Gasteiger partial charge on any atom is -0.325 e. The standard InChI is InChI=1S/C24H24N2O2/c1-18-9-8-12-20(17-18)26-23(28)24(2,22-13-6-7-16-25-22)15-14-21(27)19-10-4-3-5-11-19/h3-13,16-17H,14-15H2,1-2H3,(H,26,28). The first-order valence-electron chi connectivity index (χ1n) is 9.37. The summed E-state index contributed by atoms with van der Waals surface area (Å²) < 4.78 is 0. The van der Waals surface area contributed by atoms with E-state index in [0.29, 0.717) is 17.7 Å². The Kier molecular flexibility index (Phi) is 5.99. The highest BCUT2D eigenvalue weighted by Gasteiger charge is 2.37. The molecule has 0 aliphatic heterocycles. The summed E-state index contributed by atoms with van der Waals surface area (Å²) in [6, 6.07) is 22.3. The summed E-state index contributed by atoms with van der Waals surface area (Å²) in [6.07, 6.45) is 2.31. The third-order valence-electron chi connectivity index (χ3n) is 4.96. The minimum absolute atomic E-state index is 0.0195. The zero-order chi connectivity index (χ0) is 20.0. The maximum atomic E-state index is 13.2. The number of ketones is 1. The molecule has 1 heterocycles. The molecule has 28 heavy (non-hydrogen) atoms. The lowest BCUT2D eigenvalue weighted by Gasteiger charge is -2.28. The van der Waals surface area contributed by atoms with Gasteiger partial charge in [-0.15, -0.1) is 0 Å². The van der Waals surface area contributed by atoms with Gasteiger partial charge in [0.15, 0.2) is 5.78 Å². The molecule has 4 heteroatoms. The summed E-state index contributed by atoms with van der Waals surface area (Å²) in [4.78, 5) is 30.2. The molecule has 0 aliphatic rings. The number of benzene rings is 2. The molecule has 1 unspecified atom stereocenters. The van der Waals surface area contributed by atoms with Gasteiger partial charge >= 0.3 is 0 Å². The van der Waals surface area contributed by atoms with Crippen LogP contribution < -0.4 is 5.32 Å². The third-order valence-corrected chi connectivity index (χ3v) is 4.96. The smallest absolute Gasteiger partial charge is 0.236 e. The largest absolute Gasteiger partial charge is 0.325 e. The monoisotopic (exact) mass is 372 g/mol. The molecule has 4 nitrogen and oxygen atoms in total. The van der Waals surface area contributed by atoms with E-state index in [1.807, 2.05) is 74.5 Å². The van der Waals surface area contributed by atoms with Crippen LogP contribution in [0.25, 0.3) is 0 Å². The van der Waals surface area contributed by atoms with E-state index in [2.05, 4.69) is 10.3 Å². The summed E-state index contributed by atoms with van der Waals surface area (Å²) in [6.45, 7) is 3.82. The summed E-state index contributed by atoms with van der Waals surface area (Å²) >= 11 is 0. The number of nitrogens with one attached hydrogen (secondary N) is 1. The van der Waals surface area contributed by atoms with Gasteiger partial charge in [-0.25, -0.2) is 0 Å². The molecule has 0 aliphatic carbocycles. The zero-order valence-electron chi connectivity index (χ0n) is 16.2. The van der Waals surface area contributed by atoms with E-state index in [4.69, 9.17) is 0 Å². The number of Topliss-reactive ketones (excluding diaryl/α,β-unsaturated/α-hetero) is 1. The van der Waals surface area contributed by atoms with E-state index in [9.17, 15) is 9.59 Å². The Labute approximate surface area is 165 Å². The Morgan fingerprint density at radius 3 is 2.39 bits per heavy atom. The van der Waals surface area contributed by atoms with Gasteiger partial charge in [-0.2, -0.15) is 0 Å². The lowest BCUT2D eigenvalue weighted by atomic mass is 9.79. The van der Waals surface area contributed by atoms with Crippen molar-refractivity contribution in [2.24, 2.45) is 0 Å². The molecule has 0 fully saturated rings. The molecule has 1 aromatic heterocycles. The number of aryl methyl sites for hydroxylation is 1. The fourth-order valence-corrected chi connectivity index (χ4v) is 3.17. The van der Waals surface area contributed by atoms with Gasteiger partial charge in [0.1, 0.15) is 0 Å². The van der Waals surface area contributed by atoms with E-state index in [1.165, 1.54) is 0 Å². The van der Waals surface area contributed by atoms with Crippen molar-refractivity contribution in [1.29, 1.82) is 0 Å². The Morgan fingerprint density at radius 2 is 1.71 bits per heavy atom. The van der Waals surface area contributed by atoms with Crippen LogP contribution in [-0.2, 0) is 10.2 Å². The van der Waals surface area contributed by atoms with Crippen LogP contribution in [0.1, 0.15) is 41.4 Å². The molecule has 1 atom stereocenters. The number of anilines is 1. The zero-order valence-corrected chi connectivity index (χ0v) is 16.2. The predicted molar refractivity (Wildman–Crippen MR) is 111 cm³/mol. The highest BCUT2D eigenvalue weighted by molar-refractivity contribution is 6.00. The number of nitrogens with zero attached hydrogens (tertiary/aromatic N) is 1. The van der Waals surface area contributed by atoms with E-state index in [1.54, 1.807) is 18.3 Å². The average Bonchev–Trinajstić information content (AvgIpc) is 2.73. The lowest BCUT2D eigenvalue weighted by Crippen LogP contribution is -2.39. The fraction of sp³-hybridized carbons (Fsp3) is 0.208. The Hall–Kier alpha value is -3.27. The molecule has 1 amide bonds. The van der Waals surface area contributed by atoms with Crippen molar-refractivity contribution in [2.75, 3.05) is 5.32 Å². The van der Waals surface area contributed by atoms with Crippen molar-refractivity contribution >= 4 is 17.4 Å². The molecule has 142 valence electrons. The molecule has 0 spiro atoms. The number of hydrogen-bond donors (Lipinski definition) is 1. The van der Waals surface area contributed by atoms with Crippen LogP contribution in [0.3, 0.4) is 0 Å². The van der Waals surface area contributed by atoms with Crippen LogP contribution >= 0.6 is 0 Å². The topological polar surface area (TPSA) is 59.1 Å². The number of aromatic nitrogens is 1. The van der Waals surface area contributed by atoms with Crippen molar-refractivity contribution < 1.29 is 9.59 Å². The average molecular weight is 372 g/mol. The van der Waals surface area contributed by atoms with Gasteiger partial charge < -0.3 is 5.32 Å². The Bertz CT molecular complexity index is 955. The van der Waals surface area contributed by atoms with Crippen LogP contribution in [0.2, 0.25) is 0 Å². The first kappa shape index (κ1) is 19.5. The van der Waals surface area contributed by atoms with Crippen LogP contribution in [0, 0.1) is 6.92 Å². The Morgan fingerprint density at radius 1 is 0.964 bits per heavy atom. The lowest BCUT2D eigenvalue weighted by molar-refractivity contribution is -0.121. The summed E-state index contributed by atoms with van der Waals surface area (Å²) in [5.41, 5.74) is 2.19. The van der Waals surface area contributed by atoms with Gasteiger partial charge in [-0.1, -0.05) is 48.5 Å². The molecular formula is C24H24N2O2. The van der Waals surface area contributed by atoms with Gasteiger partial charge in [0, 0.05) is 23.9 Å². The number of pyridine rings is 1. The maximum Gasteiger partial charge on any atom is 0.236 e. The number of rotatable bonds is 7. The molecule has 0 bridgehead atoms. The molecule has 1 N–H and O–H groups in total. The molecule has 0 saturated carbocycles. The number of carbonyl (C=O) groups is 2. The summed E-state index contributed by atoms with van der Waals surface area (Å²) in [5.74, 6) is -0.149. The van der Waals surface area contributed by atoms with Gasteiger partial charge in [-0.05, 0) is 50.1 Å². The highest BCUT2D eigenvalue weighted by Crippen LogP contribution is 2.30. The van der Waals surface area contributed by atoms with Crippen molar-refractivity contribution in [1.82, 2.24) is 4.98 Å². The van der Waals surface area contributed by atoms with Gasteiger partial charge in [0.25, 0.3) is 0 Å². The van der Waals surface area contributed by atoms with Crippen molar-refractivity contribution in [2.45, 2.75) is 32.1 Å². The molecule has 3 rings (SSSR count). The second kappa shape index (κ2) is 8.61. The van der Waals surface area contributed by atoms with Gasteiger partial charge in [0.05, 0.1) is 11.1 Å². The third kappa shape index (κ3) is 4.52. The van der Waals surface area contributed by atoms with Gasteiger partial charge in [0.2, 0.25) is 5.91 Å². The van der Waals surface area contributed by atoms with E-state index >= 15 is 0 Å². The minimum atomic E-state index is -0.921. The van der Waals surface area contributed by atoms with Crippen LogP contribution in [0.4, 0.5) is 5.69 Å². The first-order valence-corrected chi connectivity index (χ1v) is 9.37. The molecule has 2 aromatic carbocycles. The normalized spacial score (nSPS) is 12.8. The summed E-state index contributed by atoms with van der Waals surface area (Å²) in [7, 11) is 0. The first-order chi connectivity index (χ1) is 13.5.